The van der Waals surface area contributed by atoms with Gasteiger partial charge in [-0.3, -0.25) is 0 Å². The Balaban J connectivity index is 2.49. The minimum absolute atomic E-state index is 0.465. The average Bonchev–Trinajstić information content (AvgIpc) is 2.38. The maximum absolute atomic E-state index is 5.78. The van der Waals surface area contributed by atoms with Crippen LogP contribution >= 0.6 is 11.6 Å². The molecule has 0 atom stereocenters. The second-order valence-corrected chi connectivity index (χ2v) is 3.85. The molecule has 1 rings (SSSR count). The van der Waals surface area contributed by atoms with Crippen LogP contribution in [0.5, 0.6) is 11.5 Å². The molecule has 0 radical (unpaired) electrons. The lowest BCUT2D eigenvalue weighted by molar-refractivity contribution is 0.0995. The van der Waals surface area contributed by atoms with Crippen LogP contribution in [0.1, 0.15) is 18.9 Å². The molecular formula is C13H19ClO3. The predicted octanol–water partition coefficient (Wildman–Crippen LogP) is 3.24. The Morgan fingerprint density at radius 3 is 2.59 bits per heavy atom. The fourth-order valence-electron chi connectivity index (χ4n) is 1.37. The van der Waals surface area contributed by atoms with E-state index in [9.17, 15) is 0 Å². The van der Waals surface area contributed by atoms with Gasteiger partial charge in [0.1, 0.15) is 6.61 Å². The van der Waals surface area contributed by atoms with Crippen molar-refractivity contribution in [2.75, 3.05) is 26.9 Å². The van der Waals surface area contributed by atoms with Crippen molar-refractivity contribution in [1.29, 1.82) is 0 Å². The van der Waals surface area contributed by atoms with Crippen molar-refractivity contribution in [1.82, 2.24) is 0 Å². The summed E-state index contributed by atoms with van der Waals surface area (Å²) in [7, 11) is 1.62. The third-order valence-electron chi connectivity index (χ3n) is 2.22. The predicted molar refractivity (Wildman–Crippen MR) is 69.2 cm³/mol. The van der Waals surface area contributed by atoms with Crippen molar-refractivity contribution in [3.05, 3.63) is 23.8 Å². The number of methoxy groups -OCH3 is 1. The van der Waals surface area contributed by atoms with Crippen molar-refractivity contribution in [3.8, 4) is 11.5 Å². The van der Waals surface area contributed by atoms with Crippen molar-refractivity contribution < 1.29 is 14.2 Å². The highest BCUT2D eigenvalue weighted by Gasteiger charge is 2.05. The van der Waals surface area contributed by atoms with E-state index < -0.39 is 0 Å². The topological polar surface area (TPSA) is 27.7 Å². The molecule has 0 N–H and O–H groups in total. The highest BCUT2D eigenvalue weighted by Crippen LogP contribution is 2.28. The highest BCUT2D eigenvalue weighted by atomic mass is 35.5. The fraction of sp³-hybridized carbons (Fsp3) is 0.538. The van der Waals surface area contributed by atoms with Crippen LogP contribution in [-0.2, 0) is 10.6 Å². The number of benzene rings is 1. The molecule has 0 saturated carbocycles. The normalized spacial score (nSPS) is 10.3. The van der Waals surface area contributed by atoms with E-state index in [4.69, 9.17) is 25.8 Å². The first-order valence-corrected chi connectivity index (χ1v) is 6.28. The zero-order valence-electron chi connectivity index (χ0n) is 10.4. The van der Waals surface area contributed by atoms with Gasteiger partial charge in [-0.25, -0.2) is 0 Å². The number of halogens is 1. The van der Waals surface area contributed by atoms with Gasteiger partial charge in [0, 0.05) is 12.5 Å². The summed E-state index contributed by atoms with van der Waals surface area (Å²) >= 11 is 5.78. The van der Waals surface area contributed by atoms with E-state index in [1.165, 1.54) is 0 Å². The van der Waals surface area contributed by atoms with Gasteiger partial charge in [-0.05, 0) is 24.1 Å². The lowest BCUT2D eigenvalue weighted by atomic mass is 10.2. The Kier molecular flexibility index (Phi) is 6.82. The molecule has 0 bridgehead atoms. The van der Waals surface area contributed by atoms with E-state index in [1.807, 2.05) is 18.2 Å². The molecule has 0 aromatic heterocycles. The molecule has 0 heterocycles. The molecule has 0 spiro atoms. The molecule has 1 aromatic carbocycles. The summed E-state index contributed by atoms with van der Waals surface area (Å²) in [6.07, 6.45) is 1.02. The van der Waals surface area contributed by atoms with Crippen LogP contribution in [0.15, 0.2) is 18.2 Å². The average molecular weight is 259 g/mol. The number of hydrogen-bond acceptors (Lipinski definition) is 3. The van der Waals surface area contributed by atoms with Gasteiger partial charge in [0.2, 0.25) is 0 Å². The summed E-state index contributed by atoms with van der Waals surface area (Å²) in [5.41, 5.74) is 1.01. The van der Waals surface area contributed by atoms with E-state index >= 15 is 0 Å². The van der Waals surface area contributed by atoms with E-state index in [-0.39, 0.29) is 0 Å². The van der Waals surface area contributed by atoms with Crippen LogP contribution in [-0.4, -0.2) is 26.9 Å². The zero-order chi connectivity index (χ0) is 12.5. The molecule has 0 amide bonds. The molecule has 0 aliphatic heterocycles. The van der Waals surface area contributed by atoms with Gasteiger partial charge in [0.25, 0.3) is 0 Å². The Morgan fingerprint density at radius 2 is 1.94 bits per heavy atom. The van der Waals surface area contributed by atoms with E-state index in [2.05, 4.69) is 6.92 Å². The zero-order valence-corrected chi connectivity index (χ0v) is 11.1. The molecule has 96 valence electrons. The molecule has 17 heavy (non-hydrogen) atoms. The van der Waals surface area contributed by atoms with Gasteiger partial charge in [0.05, 0.1) is 13.7 Å². The number of alkyl halides is 1. The summed E-state index contributed by atoms with van der Waals surface area (Å²) in [4.78, 5) is 0. The van der Waals surface area contributed by atoms with Gasteiger partial charge < -0.3 is 14.2 Å². The molecule has 0 fully saturated rings. The molecule has 0 aliphatic carbocycles. The Hall–Kier alpha value is -0.930. The van der Waals surface area contributed by atoms with Crippen LogP contribution in [0.2, 0.25) is 0 Å². The van der Waals surface area contributed by atoms with Gasteiger partial charge in [-0.2, -0.15) is 0 Å². The van der Waals surface area contributed by atoms with Crippen molar-refractivity contribution in [3.63, 3.8) is 0 Å². The van der Waals surface area contributed by atoms with Crippen molar-refractivity contribution in [2.24, 2.45) is 0 Å². The number of ether oxygens (including phenoxy) is 3. The fourth-order valence-corrected chi connectivity index (χ4v) is 1.54. The SMILES string of the molecule is CCCOCCOc1cc(CCl)ccc1OC. The minimum Gasteiger partial charge on any atom is -0.493 e. The monoisotopic (exact) mass is 258 g/mol. The number of rotatable bonds is 8. The van der Waals surface area contributed by atoms with Crippen molar-refractivity contribution >= 4 is 11.6 Å². The van der Waals surface area contributed by atoms with Crippen LogP contribution in [0.3, 0.4) is 0 Å². The lowest BCUT2D eigenvalue weighted by Gasteiger charge is -2.11. The van der Waals surface area contributed by atoms with Crippen LogP contribution in [0.4, 0.5) is 0 Å². The second-order valence-electron chi connectivity index (χ2n) is 3.58. The Morgan fingerprint density at radius 1 is 1.12 bits per heavy atom. The highest BCUT2D eigenvalue weighted by molar-refractivity contribution is 6.17. The number of hydrogen-bond donors (Lipinski definition) is 0. The summed E-state index contributed by atoms with van der Waals surface area (Å²) in [5, 5.41) is 0. The molecule has 1 aromatic rings. The van der Waals surface area contributed by atoms with Crippen LogP contribution in [0, 0.1) is 0 Å². The van der Waals surface area contributed by atoms with Gasteiger partial charge in [-0.15, -0.1) is 11.6 Å². The van der Waals surface area contributed by atoms with E-state index in [1.54, 1.807) is 7.11 Å². The minimum atomic E-state index is 0.465. The standard InChI is InChI=1S/C13H19ClO3/c1-3-6-16-7-8-17-13-9-11(10-14)4-5-12(13)15-2/h4-5,9H,3,6-8,10H2,1-2H3. The maximum Gasteiger partial charge on any atom is 0.161 e. The van der Waals surface area contributed by atoms with Gasteiger partial charge in [0.15, 0.2) is 11.5 Å². The molecular weight excluding hydrogens is 240 g/mol. The molecule has 0 unspecified atom stereocenters. The smallest absolute Gasteiger partial charge is 0.161 e. The largest absolute Gasteiger partial charge is 0.493 e. The summed E-state index contributed by atoms with van der Waals surface area (Å²) in [6, 6.07) is 5.68. The first-order chi connectivity index (χ1) is 8.31. The third-order valence-corrected chi connectivity index (χ3v) is 2.52. The first kappa shape index (κ1) is 14.1. The Bertz CT molecular complexity index is 328. The van der Waals surface area contributed by atoms with Gasteiger partial charge >= 0.3 is 0 Å². The van der Waals surface area contributed by atoms with E-state index in [0.29, 0.717) is 30.6 Å². The lowest BCUT2D eigenvalue weighted by Crippen LogP contribution is -2.08. The molecule has 4 heteroatoms. The third kappa shape index (κ3) is 4.84. The summed E-state index contributed by atoms with van der Waals surface area (Å²) in [6.45, 7) is 3.94. The summed E-state index contributed by atoms with van der Waals surface area (Å²) < 4.78 is 16.2. The maximum atomic E-state index is 5.78. The molecule has 0 aliphatic rings. The Labute approximate surface area is 108 Å². The second kappa shape index (κ2) is 8.20. The molecule has 0 saturated heterocycles. The van der Waals surface area contributed by atoms with E-state index in [0.717, 1.165) is 18.6 Å². The van der Waals surface area contributed by atoms with Crippen molar-refractivity contribution in [2.45, 2.75) is 19.2 Å². The van der Waals surface area contributed by atoms with Gasteiger partial charge in [-0.1, -0.05) is 13.0 Å². The summed E-state index contributed by atoms with van der Waals surface area (Å²) in [5.74, 6) is 1.90. The molecule has 3 nitrogen and oxygen atoms in total. The van der Waals surface area contributed by atoms with Crippen LogP contribution < -0.4 is 9.47 Å². The van der Waals surface area contributed by atoms with Crippen LogP contribution in [0.25, 0.3) is 0 Å². The quantitative estimate of drug-likeness (QED) is 0.529. The first-order valence-electron chi connectivity index (χ1n) is 5.75.